The highest BCUT2D eigenvalue weighted by atomic mass is 32.2. The normalized spacial score (nSPS) is 18.5. The van der Waals surface area contributed by atoms with Gasteiger partial charge in [0.2, 0.25) is 10.0 Å². The van der Waals surface area contributed by atoms with Crippen LogP contribution in [0.15, 0.2) is 29.2 Å². The maximum absolute atomic E-state index is 12.9. The predicted octanol–water partition coefficient (Wildman–Crippen LogP) is 1.38. The summed E-state index contributed by atoms with van der Waals surface area (Å²) in [5.74, 6) is 0.0121. The molecule has 0 aliphatic carbocycles. The van der Waals surface area contributed by atoms with Crippen LogP contribution in [-0.4, -0.2) is 74.4 Å². The molecule has 1 aliphatic heterocycles. The molecule has 2 aromatic rings. The maximum atomic E-state index is 12.9. The summed E-state index contributed by atoms with van der Waals surface area (Å²) >= 11 is 0. The smallest absolute Gasteiger partial charge is 0.253 e. The number of aryl methyl sites for hydroxylation is 1. The van der Waals surface area contributed by atoms with Gasteiger partial charge in [-0.1, -0.05) is 0 Å². The van der Waals surface area contributed by atoms with Gasteiger partial charge in [0.25, 0.3) is 5.91 Å². The second-order valence-corrected chi connectivity index (χ2v) is 12.5. The molecule has 0 radical (unpaired) electrons. The van der Waals surface area contributed by atoms with Gasteiger partial charge in [0.05, 0.1) is 28.1 Å². The molecular weight excluding hydrogens is 440 g/mol. The van der Waals surface area contributed by atoms with Crippen molar-refractivity contribution in [3.63, 3.8) is 0 Å². The monoisotopic (exact) mass is 468 g/mol. The Morgan fingerprint density at radius 2 is 1.77 bits per heavy atom. The molecule has 31 heavy (non-hydrogen) atoms. The molecule has 1 amide bonds. The van der Waals surface area contributed by atoms with E-state index in [0.717, 1.165) is 21.3 Å². The van der Waals surface area contributed by atoms with E-state index in [1.54, 1.807) is 16.6 Å². The van der Waals surface area contributed by atoms with Crippen molar-refractivity contribution >= 4 is 25.8 Å². The van der Waals surface area contributed by atoms with Crippen LogP contribution in [0.25, 0.3) is 0 Å². The summed E-state index contributed by atoms with van der Waals surface area (Å²) in [5, 5.41) is 4.54. The summed E-state index contributed by atoms with van der Waals surface area (Å²) < 4.78 is 50.9. The fourth-order valence-corrected chi connectivity index (χ4v) is 6.35. The van der Waals surface area contributed by atoms with Crippen molar-refractivity contribution in [2.24, 2.45) is 0 Å². The molecule has 1 aromatic carbocycles. The molecule has 1 fully saturated rings. The summed E-state index contributed by atoms with van der Waals surface area (Å²) in [7, 11) is -2.01. The van der Waals surface area contributed by atoms with E-state index in [9.17, 15) is 21.6 Å². The second kappa shape index (κ2) is 8.36. The second-order valence-electron chi connectivity index (χ2n) is 8.12. The molecule has 1 atom stereocenters. The average molecular weight is 469 g/mol. The Kier molecular flexibility index (Phi) is 6.32. The third-order valence-electron chi connectivity index (χ3n) is 5.65. The van der Waals surface area contributed by atoms with Crippen molar-refractivity contribution < 1.29 is 21.6 Å². The van der Waals surface area contributed by atoms with Crippen molar-refractivity contribution in [2.75, 3.05) is 32.6 Å². The zero-order valence-electron chi connectivity index (χ0n) is 18.4. The van der Waals surface area contributed by atoms with Crippen LogP contribution in [0.3, 0.4) is 0 Å². The molecule has 0 spiro atoms. The van der Waals surface area contributed by atoms with Crippen molar-refractivity contribution in [1.82, 2.24) is 19.0 Å². The lowest BCUT2D eigenvalue weighted by Crippen LogP contribution is -2.27. The van der Waals surface area contributed by atoms with Gasteiger partial charge in [-0.25, -0.2) is 21.1 Å². The number of nitrogens with zero attached hydrogens (tertiary/aromatic N) is 4. The Morgan fingerprint density at radius 3 is 2.29 bits per heavy atom. The Balaban J connectivity index is 1.77. The SMILES string of the molecule is Cc1nn([C@@H]2CCS(=O)(=O)C2)c(C)c1CN(C)C(=O)c1ccc(S(=O)(=O)N(C)C)cc1. The van der Waals surface area contributed by atoms with Crippen LogP contribution < -0.4 is 0 Å². The zero-order valence-corrected chi connectivity index (χ0v) is 20.0. The molecule has 11 heteroatoms. The molecule has 0 saturated carbocycles. The first-order chi connectivity index (χ1) is 14.3. The van der Waals surface area contributed by atoms with Crippen LogP contribution in [-0.2, 0) is 26.4 Å². The molecule has 0 bridgehead atoms. The number of benzene rings is 1. The van der Waals surface area contributed by atoms with Gasteiger partial charge in [-0.3, -0.25) is 9.48 Å². The third kappa shape index (κ3) is 4.68. The highest BCUT2D eigenvalue weighted by Gasteiger charge is 2.31. The van der Waals surface area contributed by atoms with E-state index in [1.807, 2.05) is 13.8 Å². The van der Waals surface area contributed by atoms with Gasteiger partial charge in [-0.2, -0.15) is 5.10 Å². The molecule has 0 N–H and O–H groups in total. The minimum Gasteiger partial charge on any atom is -0.337 e. The maximum Gasteiger partial charge on any atom is 0.253 e. The van der Waals surface area contributed by atoms with Gasteiger partial charge in [0, 0.05) is 44.5 Å². The summed E-state index contributed by atoms with van der Waals surface area (Å²) in [4.78, 5) is 14.5. The van der Waals surface area contributed by atoms with Gasteiger partial charge >= 0.3 is 0 Å². The van der Waals surface area contributed by atoms with Crippen molar-refractivity contribution in [3.05, 3.63) is 46.8 Å². The van der Waals surface area contributed by atoms with Gasteiger partial charge in [0.1, 0.15) is 0 Å². The van der Waals surface area contributed by atoms with Crippen LogP contribution in [0.4, 0.5) is 0 Å². The van der Waals surface area contributed by atoms with E-state index < -0.39 is 19.9 Å². The van der Waals surface area contributed by atoms with Crippen LogP contribution in [0.5, 0.6) is 0 Å². The van der Waals surface area contributed by atoms with Gasteiger partial charge in [-0.05, 0) is 44.5 Å². The standard InChI is InChI=1S/C20H28N4O5S2/c1-14-19(15(2)24(21-14)17-10-11-30(26,27)13-17)12-23(5)20(25)16-6-8-18(9-7-16)31(28,29)22(3)4/h6-9,17H,10-13H2,1-5H3/t17-/m1/s1. The molecule has 170 valence electrons. The molecule has 2 heterocycles. The summed E-state index contributed by atoms with van der Waals surface area (Å²) in [5.41, 5.74) is 2.87. The molecule has 1 saturated heterocycles. The van der Waals surface area contributed by atoms with Crippen molar-refractivity contribution in [3.8, 4) is 0 Å². The Hall–Kier alpha value is -2.24. The van der Waals surface area contributed by atoms with E-state index in [-0.39, 0.29) is 28.4 Å². The van der Waals surface area contributed by atoms with Gasteiger partial charge < -0.3 is 4.90 Å². The van der Waals surface area contributed by atoms with Crippen LogP contribution in [0.2, 0.25) is 0 Å². The number of hydrogen-bond acceptors (Lipinski definition) is 6. The Bertz CT molecular complexity index is 1200. The highest BCUT2D eigenvalue weighted by molar-refractivity contribution is 7.91. The quantitative estimate of drug-likeness (QED) is 0.634. The van der Waals surface area contributed by atoms with E-state index >= 15 is 0 Å². The van der Waals surface area contributed by atoms with E-state index in [1.165, 1.54) is 38.4 Å². The number of sulfone groups is 1. The van der Waals surface area contributed by atoms with Crippen LogP contribution in [0.1, 0.15) is 39.8 Å². The number of carbonyl (C=O) groups is 1. The number of hydrogen-bond donors (Lipinski definition) is 0. The molecular formula is C20H28N4O5S2. The summed E-state index contributed by atoms with van der Waals surface area (Å²) in [6, 6.07) is 5.67. The van der Waals surface area contributed by atoms with E-state index in [0.29, 0.717) is 18.5 Å². The minimum absolute atomic E-state index is 0.0887. The third-order valence-corrected chi connectivity index (χ3v) is 9.23. The lowest BCUT2D eigenvalue weighted by Gasteiger charge is -2.19. The first-order valence-corrected chi connectivity index (χ1v) is 13.1. The van der Waals surface area contributed by atoms with Gasteiger partial charge in [-0.15, -0.1) is 0 Å². The van der Waals surface area contributed by atoms with E-state index in [4.69, 9.17) is 0 Å². The number of sulfonamides is 1. The Morgan fingerprint density at radius 1 is 1.16 bits per heavy atom. The number of carbonyl (C=O) groups excluding carboxylic acids is 1. The molecule has 0 unspecified atom stereocenters. The van der Waals surface area contributed by atoms with E-state index in [2.05, 4.69) is 5.10 Å². The largest absolute Gasteiger partial charge is 0.337 e. The number of rotatable bonds is 6. The van der Waals surface area contributed by atoms with Crippen molar-refractivity contribution in [2.45, 2.75) is 37.8 Å². The molecule has 9 nitrogen and oxygen atoms in total. The van der Waals surface area contributed by atoms with Crippen LogP contribution in [0, 0.1) is 13.8 Å². The lowest BCUT2D eigenvalue weighted by molar-refractivity contribution is 0.0784. The Labute approximate surface area is 183 Å². The number of amides is 1. The average Bonchev–Trinajstić information content (AvgIpc) is 3.20. The van der Waals surface area contributed by atoms with Crippen LogP contribution >= 0.6 is 0 Å². The lowest BCUT2D eigenvalue weighted by atomic mass is 10.1. The first-order valence-electron chi connectivity index (χ1n) is 9.86. The van der Waals surface area contributed by atoms with Crippen molar-refractivity contribution in [1.29, 1.82) is 0 Å². The zero-order chi connectivity index (χ0) is 23.1. The highest BCUT2D eigenvalue weighted by Crippen LogP contribution is 2.27. The fraction of sp³-hybridized carbons (Fsp3) is 0.500. The first kappa shape index (κ1) is 23.4. The topological polar surface area (TPSA) is 110 Å². The summed E-state index contributed by atoms with van der Waals surface area (Å²) in [6.45, 7) is 4.05. The molecule has 1 aliphatic rings. The minimum atomic E-state index is -3.56. The number of aromatic nitrogens is 2. The molecule has 1 aromatic heterocycles. The van der Waals surface area contributed by atoms with Gasteiger partial charge in [0.15, 0.2) is 9.84 Å². The summed E-state index contributed by atoms with van der Waals surface area (Å²) in [6.07, 6.45) is 0.542. The predicted molar refractivity (Wildman–Crippen MR) is 117 cm³/mol. The molecule has 3 rings (SSSR count). The fourth-order valence-electron chi connectivity index (χ4n) is 3.76.